The van der Waals surface area contributed by atoms with E-state index in [1.54, 1.807) is 0 Å². The van der Waals surface area contributed by atoms with Gasteiger partial charge in [-0.2, -0.15) is 0 Å². The van der Waals surface area contributed by atoms with Crippen LogP contribution in [0.2, 0.25) is 0 Å². The number of hydrogen-bond donors (Lipinski definition) is 3. The summed E-state index contributed by atoms with van der Waals surface area (Å²) in [6.07, 6.45) is 2.32. The molecule has 1 aromatic rings. The van der Waals surface area contributed by atoms with Crippen molar-refractivity contribution in [3.63, 3.8) is 0 Å². The molecule has 21 heavy (non-hydrogen) atoms. The molecule has 1 aliphatic rings. The standard InChI is InChI=1S/C15H19FN2O3/c1-2-5-15(6-7-17-9-15)14(21)18-12-4-3-10(16)8-11(12)13(19)20/h3-4,8,17H,2,5-7,9H2,1H3,(H,18,21)(H,19,20). The largest absolute Gasteiger partial charge is 0.478 e. The van der Waals surface area contributed by atoms with Crippen LogP contribution in [0.3, 0.4) is 0 Å². The molecule has 1 unspecified atom stereocenters. The molecule has 1 heterocycles. The number of rotatable bonds is 5. The number of nitrogens with one attached hydrogen (secondary N) is 2. The van der Waals surface area contributed by atoms with Gasteiger partial charge in [0.2, 0.25) is 5.91 Å². The number of carbonyl (C=O) groups excluding carboxylic acids is 1. The van der Waals surface area contributed by atoms with E-state index in [1.807, 2.05) is 6.92 Å². The maximum atomic E-state index is 13.2. The van der Waals surface area contributed by atoms with Gasteiger partial charge in [-0.3, -0.25) is 4.79 Å². The van der Waals surface area contributed by atoms with Gasteiger partial charge in [-0.25, -0.2) is 9.18 Å². The fraction of sp³-hybridized carbons (Fsp3) is 0.467. The zero-order valence-electron chi connectivity index (χ0n) is 11.9. The Balaban J connectivity index is 2.25. The van der Waals surface area contributed by atoms with Gasteiger partial charge in [0.25, 0.3) is 0 Å². The SMILES string of the molecule is CCCC1(C(=O)Nc2ccc(F)cc2C(=O)O)CCNC1. The average molecular weight is 294 g/mol. The second kappa shape index (κ2) is 6.22. The minimum Gasteiger partial charge on any atom is -0.478 e. The molecule has 1 aromatic carbocycles. The van der Waals surface area contributed by atoms with E-state index in [2.05, 4.69) is 10.6 Å². The van der Waals surface area contributed by atoms with E-state index in [0.717, 1.165) is 37.9 Å². The molecule has 1 fully saturated rings. The van der Waals surface area contributed by atoms with Gasteiger partial charge in [-0.05, 0) is 37.6 Å². The molecule has 3 N–H and O–H groups in total. The Morgan fingerprint density at radius 3 is 2.81 bits per heavy atom. The van der Waals surface area contributed by atoms with Gasteiger partial charge in [0.05, 0.1) is 16.7 Å². The van der Waals surface area contributed by atoms with Crippen molar-refractivity contribution >= 4 is 17.6 Å². The van der Waals surface area contributed by atoms with E-state index in [4.69, 9.17) is 5.11 Å². The zero-order valence-corrected chi connectivity index (χ0v) is 11.9. The first-order valence-electron chi connectivity index (χ1n) is 7.03. The minimum atomic E-state index is -1.26. The molecule has 0 saturated carbocycles. The van der Waals surface area contributed by atoms with Crippen LogP contribution in [-0.4, -0.2) is 30.1 Å². The van der Waals surface area contributed by atoms with Crippen LogP contribution in [-0.2, 0) is 4.79 Å². The third-order valence-corrected chi connectivity index (χ3v) is 3.91. The number of benzene rings is 1. The predicted molar refractivity (Wildman–Crippen MR) is 76.8 cm³/mol. The normalized spacial score (nSPS) is 21.2. The van der Waals surface area contributed by atoms with Crippen molar-refractivity contribution in [2.75, 3.05) is 18.4 Å². The van der Waals surface area contributed by atoms with Crippen molar-refractivity contribution in [2.24, 2.45) is 5.41 Å². The van der Waals surface area contributed by atoms with Gasteiger partial charge in [0.15, 0.2) is 0 Å². The van der Waals surface area contributed by atoms with Crippen LogP contribution in [0.4, 0.5) is 10.1 Å². The molecular formula is C15H19FN2O3. The Kier molecular flexibility index (Phi) is 4.57. The second-order valence-electron chi connectivity index (χ2n) is 5.41. The Morgan fingerprint density at radius 1 is 1.48 bits per heavy atom. The first kappa shape index (κ1) is 15.4. The van der Waals surface area contributed by atoms with Gasteiger partial charge in [0, 0.05) is 6.54 Å². The molecule has 0 bridgehead atoms. The lowest BCUT2D eigenvalue weighted by molar-refractivity contribution is -0.125. The van der Waals surface area contributed by atoms with Crippen molar-refractivity contribution < 1.29 is 19.1 Å². The van der Waals surface area contributed by atoms with Gasteiger partial charge >= 0.3 is 5.97 Å². The number of aromatic carboxylic acids is 1. The van der Waals surface area contributed by atoms with Gasteiger partial charge in [0.1, 0.15) is 5.82 Å². The molecule has 114 valence electrons. The first-order chi connectivity index (χ1) is 9.98. The Bertz CT molecular complexity index is 554. The fourth-order valence-electron chi connectivity index (χ4n) is 2.80. The highest BCUT2D eigenvalue weighted by Gasteiger charge is 2.40. The number of anilines is 1. The van der Waals surface area contributed by atoms with Crippen LogP contribution in [0.25, 0.3) is 0 Å². The van der Waals surface area contributed by atoms with E-state index in [-0.39, 0.29) is 17.2 Å². The number of hydrogen-bond acceptors (Lipinski definition) is 3. The topological polar surface area (TPSA) is 78.4 Å². The molecule has 5 nitrogen and oxygen atoms in total. The molecule has 1 aliphatic heterocycles. The second-order valence-corrected chi connectivity index (χ2v) is 5.41. The lowest BCUT2D eigenvalue weighted by atomic mass is 9.81. The third kappa shape index (κ3) is 3.21. The summed E-state index contributed by atoms with van der Waals surface area (Å²) < 4.78 is 13.2. The number of amides is 1. The van der Waals surface area contributed by atoms with Gasteiger partial charge in [-0.15, -0.1) is 0 Å². The molecule has 6 heteroatoms. The van der Waals surface area contributed by atoms with E-state index in [1.165, 1.54) is 6.07 Å². The molecule has 1 amide bonds. The van der Waals surface area contributed by atoms with Crippen molar-refractivity contribution in [1.29, 1.82) is 0 Å². The van der Waals surface area contributed by atoms with E-state index in [0.29, 0.717) is 6.54 Å². The molecule has 0 spiro atoms. The third-order valence-electron chi connectivity index (χ3n) is 3.91. The zero-order chi connectivity index (χ0) is 15.5. The monoisotopic (exact) mass is 294 g/mol. The summed E-state index contributed by atoms with van der Waals surface area (Å²) in [6, 6.07) is 3.34. The maximum absolute atomic E-state index is 13.2. The van der Waals surface area contributed by atoms with Crippen LogP contribution in [0.5, 0.6) is 0 Å². The molecule has 1 atom stereocenters. The summed E-state index contributed by atoms with van der Waals surface area (Å²) in [4.78, 5) is 23.7. The lowest BCUT2D eigenvalue weighted by Gasteiger charge is -2.26. The van der Waals surface area contributed by atoms with E-state index in [9.17, 15) is 14.0 Å². The van der Waals surface area contributed by atoms with Crippen LogP contribution in [0.15, 0.2) is 18.2 Å². The summed E-state index contributed by atoms with van der Waals surface area (Å²) in [5, 5.41) is 14.9. The van der Waals surface area contributed by atoms with Gasteiger partial charge < -0.3 is 15.7 Å². The van der Waals surface area contributed by atoms with E-state index < -0.39 is 17.2 Å². The summed E-state index contributed by atoms with van der Waals surface area (Å²) in [7, 11) is 0. The minimum absolute atomic E-state index is 0.135. The molecule has 0 radical (unpaired) electrons. The van der Waals surface area contributed by atoms with Crippen molar-refractivity contribution in [1.82, 2.24) is 5.32 Å². The highest BCUT2D eigenvalue weighted by molar-refractivity contribution is 6.02. The molecule has 0 aromatic heterocycles. The number of carboxylic acid groups (broad SMARTS) is 1. The summed E-state index contributed by atoms with van der Waals surface area (Å²) >= 11 is 0. The smallest absolute Gasteiger partial charge is 0.337 e. The number of halogens is 1. The highest BCUT2D eigenvalue weighted by atomic mass is 19.1. The van der Waals surface area contributed by atoms with Crippen LogP contribution >= 0.6 is 0 Å². The maximum Gasteiger partial charge on any atom is 0.337 e. The van der Waals surface area contributed by atoms with Crippen molar-refractivity contribution in [3.8, 4) is 0 Å². The first-order valence-corrected chi connectivity index (χ1v) is 7.03. The van der Waals surface area contributed by atoms with Gasteiger partial charge in [-0.1, -0.05) is 13.3 Å². The van der Waals surface area contributed by atoms with Crippen LogP contribution in [0.1, 0.15) is 36.5 Å². The average Bonchev–Trinajstić information content (AvgIpc) is 2.91. The summed E-state index contributed by atoms with van der Waals surface area (Å²) in [5.74, 6) is -2.11. The van der Waals surface area contributed by atoms with Crippen LogP contribution < -0.4 is 10.6 Å². The molecule has 2 rings (SSSR count). The molecule has 0 aliphatic carbocycles. The number of carboxylic acids is 1. The van der Waals surface area contributed by atoms with Crippen LogP contribution in [0, 0.1) is 11.2 Å². The summed E-state index contributed by atoms with van der Waals surface area (Å²) in [6.45, 7) is 3.35. The summed E-state index contributed by atoms with van der Waals surface area (Å²) in [5.41, 5.74) is -0.615. The van der Waals surface area contributed by atoms with Crippen molar-refractivity contribution in [2.45, 2.75) is 26.2 Å². The molecule has 1 saturated heterocycles. The Morgan fingerprint density at radius 2 is 2.24 bits per heavy atom. The Labute approximate surface area is 122 Å². The highest BCUT2D eigenvalue weighted by Crippen LogP contribution is 2.33. The van der Waals surface area contributed by atoms with E-state index >= 15 is 0 Å². The fourth-order valence-corrected chi connectivity index (χ4v) is 2.80. The van der Waals surface area contributed by atoms with Crippen molar-refractivity contribution in [3.05, 3.63) is 29.6 Å². The lowest BCUT2D eigenvalue weighted by Crippen LogP contribution is -2.38. The molecular weight excluding hydrogens is 275 g/mol. The Hall–Kier alpha value is -1.95. The number of carbonyl (C=O) groups is 2. The quantitative estimate of drug-likeness (QED) is 0.778. The predicted octanol–water partition coefficient (Wildman–Crippen LogP) is 2.24.